The summed E-state index contributed by atoms with van der Waals surface area (Å²) in [5.74, 6) is 0.587. The predicted octanol–water partition coefficient (Wildman–Crippen LogP) is 3.65. The molecule has 0 unspecified atom stereocenters. The average Bonchev–Trinajstić information content (AvgIpc) is 2.58. The number of halogens is 1. The highest BCUT2D eigenvalue weighted by Crippen LogP contribution is 2.35. The molecular formula is C19H18FN3O. The molecule has 24 heavy (non-hydrogen) atoms. The van der Waals surface area contributed by atoms with Gasteiger partial charge in [-0.2, -0.15) is 0 Å². The van der Waals surface area contributed by atoms with Crippen molar-refractivity contribution in [2.24, 2.45) is 0 Å². The minimum atomic E-state index is -0.322. The van der Waals surface area contributed by atoms with E-state index < -0.39 is 0 Å². The zero-order valence-corrected chi connectivity index (χ0v) is 13.3. The van der Waals surface area contributed by atoms with Crippen molar-refractivity contribution in [2.45, 2.75) is 6.42 Å². The molecule has 1 heterocycles. The lowest BCUT2D eigenvalue weighted by Crippen LogP contribution is -2.00. The standard InChI is InChI=1S/C19H18FN3O/c1-24-16-7-6-14(9-12-5-8-17(22)23-11-12)19(20)18(16)13-3-2-4-15(21)10-13/h2-8,10-11H,9,21H2,1H3,(H2,22,23). The second-order valence-electron chi connectivity index (χ2n) is 5.51. The molecule has 0 radical (unpaired) electrons. The summed E-state index contributed by atoms with van der Waals surface area (Å²) in [6, 6.07) is 14.1. The zero-order chi connectivity index (χ0) is 17.1. The summed E-state index contributed by atoms with van der Waals surface area (Å²) in [6.45, 7) is 0. The Labute approximate surface area is 139 Å². The van der Waals surface area contributed by atoms with Crippen LogP contribution < -0.4 is 16.2 Å². The summed E-state index contributed by atoms with van der Waals surface area (Å²) in [5, 5.41) is 0. The molecule has 1 aromatic heterocycles. The SMILES string of the molecule is COc1ccc(Cc2ccc(N)nc2)c(F)c1-c1cccc(N)c1. The molecule has 122 valence electrons. The molecule has 0 spiro atoms. The van der Waals surface area contributed by atoms with E-state index in [-0.39, 0.29) is 5.82 Å². The Bertz CT molecular complexity index is 863. The third-order valence-corrected chi connectivity index (χ3v) is 3.82. The predicted molar refractivity (Wildman–Crippen MR) is 94.3 cm³/mol. The maximum atomic E-state index is 15.1. The van der Waals surface area contributed by atoms with Gasteiger partial charge in [0.2, 0.25) is 0 Å². The quantitative estimate of drug-likeness (QED) is 0.719. The fraction of sp³-hybridized carbons (Fsp3) is 0.105. The average molecular weight is 323 g/mol. The fourth-order valence-electron chi connectivity index (χ4n) is 2.63. The minimum absolute atomic E-state index is 0.322. The van der Waals surface area contributed by atoms with Gasteiger partial charge in [0, 0.05) is 18.3 Å². The van der Waals surface area contributed by atoms with E-state index in [9.17, 15) is 0 Å². The number of methoxy groups -OCH3 is 1. The van der Waals surface area contributed by atoms with Crippen LogP contribution in [0.25, 0.3) is 11.1 Å². The molecule has 0 atom stereocenters. The Hall–Kier alpha value is -3.08. The van der Waals surface area contributed by atoms with Crippen molar-refractivity contribution in [3.8, 4) is 16.9 Å². The van der Waals surface area contributed by atoms with Gasteiger partial charge in [-0.15, -0.1) is 0 Å². The Morgan fingerprint density at radius 2 is 1.92 bits per heavy atom. The number of ether oxygens (including phenoxy) is 1. The van der Waals surface area contributed by atoms with Gasteiger partial charge in [0.25, 0.3) is 0 Å². The van der Waals surface area contributed by atoms with Crippen LogP contribution in [0.2, 0.25) is 0 Å². The van der Waals surface area contributed by atoms with Crippen molar-refractivity contribution in [2.75, 3.05) is 18.6 Å². The number of aromatic nitrogens is 1. The number of nitrogens with two attached hydrogens (primary N) is 2. The molecule has 0 aliphatic heterocycles. The number of nitrogen functional groups attached to an aromatic ring is 2. The van der Waals surface area contributed by atoms with E-state index in [4.69, 9.17) is 16.2 Å². The van der Waals surface area contributed by atoms with Gasteiger partial charge in [0.05, 0.1) is 12.7 Å². The van der Waals surface area contributed by atoms with Crippen molar-refractivity contribution in [1.29, 1.82) is 0 Å². The topological polar surface area (TPSA) is 74.2 Å². The lowest BCUT2D eigenvalue weighted by atomic mass is 9.97. The molecule has 2 aromatic carbocycles. The first-order valence-electron chi connectivity index (χ1n) is 7.50. The van der Waals surface area contributed by atoms with E-state index in [2.05, 4.69) is 4.98 Å². The number of nitrogens with zero attached hydrogens (tertiary/aromatic N) is 1. The van der Waals surface area contributed by atoms with E-state index in [1.54, 1.807) is 42.6 Å². The van der Waals surface area contributed by atoms with Crippen molar-refractivity contribution in [1.82, 2.24) is 4.98 Å². The van der Waals surface area contributed by atoms with Crippen LogP contribution in [0.15, 0.2) is 54.7 Å². The van der Waals surface area contributed by atoms with Crippen LogP contribution in [0.1, 0.15) is 11.1 Å². The Kier molecular flexibility index (Phi) is 4.33. The molecule has 3 aromatic rings. The first-order valence-corrected chi connectivity index (χ1v) is 7.50. The van der Waals surface area contributed by atoms with E-state index in [1.807, 2.05) is 12.1 Å². The number of hydrogen-bond donors (Lipinski definition) is 2. The second-order valence-corrected chi connectivity index (χ2v) is 5.51. The van der Waals surface area contributed by atoms with Gasteiger partial charge in [-0.3, -0.25) is 0 Å². The summed E-state index contributed by atoms with van der Waals surface area (Å²) in [5.41, 5.74) is 14.5. The van der Waals surface area contributed by atoms with Crippen molar-refractivity contribution < 1.29 is 9.13 Å². The largest absolute Gasteiger partial charge is 0.496 e. The molecule has 0 saturated heterocycles. The zero-order valence-electron chi connectivity index (χ0n) is 13.3. The lowest BCUT2D eigenvalue weighted by Gasteiger charge is -2.14. The van der Waals surface area contributed by atoms with Crippen LogP contribution in [0.4, 0.5) is 15.9 Å². The molecule has 4 N–H and O–H groups in total. The van der Waals surface area contributed by atoms with Gasteiger partial charge >= 0.3 is 0 Å². The summed E-state index contributed by atoms with van der Waals surface area (Å²) in [7, 11) is 1.52. The minimum Gasteiger partial charge on any atom is -0.496 e. The summed E-state index contributed by atoms with van der Waals surface area (Å²) in [6.07, 6.45) is 2.07. The van der Waals surface area contributed by atoms with Gasteiger partial charge in [0.15, 0.2) is 0 Å². The molecule has 4 nitrogen and oxygen atoms in total. The summed E-state index contributed by atoms with van der Waals surface area (Å²) >= 11 is 0. The number of anilines is 2. The summed E-state index contributed by atoms with van der Waals surface area (Å²) in [4.78, 5) is 4.04. The highest BCUT2D eigenvalue weighted by molar-refractivity contribution is 5.74. The normalized spacial score (nSPS) is 10.6. The first-order chi connectivity index (χ1) is 11.6. The van der Waals surface area contributed by atoms with Gasteiger partial charge < -0.3 is 16.2 Å². The third kappa shape index (κ3) is 3.15. The van der Waals surface area contributed by atoms with Crippen LogP contribution >= 0.6 is 0 Å². The van der Waals surface area contributed by atoms with E-state index in [1.165, 1.54) is 7.11 Å². The number of rotatable bonds is 4. The maximum Gasteiger partial charge on any atom is 0.138 e. The van der Waals surface area contributed by atoms with Crippen LogP contribution in [-0.2, 0) is 6.42 Å². The molecule has 5 heteroatoms. The van der Waals surface area contributed by atoms with Crippen molar-refractivity contribution >= 4 is 11.5 Å². The molecule has 0 amide bonds. The van der Waals surface area contributed by atoms with E-state index >= 15 is 4.39 Å². The monoisotopic (exact) mass is 323 g/mol. The highest BCUT2D eigenvalue weighted by Gasteiger charge is 2.16. The van der Waals surface area contributed by atoms with E-state index in [0.717, 1.165) is 5.56 Å². The van der Waals surface area contributed by atoms with Gasteiger partial charge in [0.1, 0.15) is 17.4 Å². The van der Waals surface area contributed by atoms with Crippen molar-refractivity contribution in [3.05, 3.63) is 71.7 Å². The number of hydrogen-bond acceptors (Lipinski definition) is 4. The fourth-order valence-corrected chi connectivity index (χ4v) is 2.63. The molecule has 0 aliphatic rings. The third-order valence-electron chi connectivity index (χ3n) is 3.82. The number of pyridine rings is 1. The number of benzene rings is 2. The molecular weight excluding hydrogens is 305 g/mol. The van der Waals surface area contributed by atoms with Gasteiger partial charge in [-0.05, 0) is 41.0 Å². The summed E-state index contributed by atoms with van der Waals surface area (Å²) < 4.78 is 20.5. The molecule has 0 aliphatic carbocycles. The molecule has 0 bridgehead atoms. The van der Waals surface area contributed by atoms with Gasteiger partial charge in [-0.1, -0.05) is 24.3 Å². The van der Waals surface area contributed by atoms with Crippen LogP contribution in [-0.4, -0.2) is 12.1 Å². The molecule has 3 rings (SSSR count). The van der Waals surface area contributed by atoms with Crippen LogP contribution in [0.3, 0.4) is 0 Å². The maximum absolute atomic E-state index is 15.1. The Morgan fingerprint density at radius 3 is 2.58 bits per heavy atom. The smallest absolute Gasteiger partial charge is 0.138 e. The molecule has 0 fully saturated rings. The highest BCUT2D eigenvalue weighted by atomic mass is 19.1. The molecule has 0 saturated carbocycles. The Balaban J connectivity index is 2.06. The lowest BCUT2D eigenvalue weighted by molar-refractivity contribution is 0.413. The van der Waals surface area contributed by atoms with Gasteiger partial charge in [-0.25, -0.2) is 9.37 Å². The second kappa shape index (κ2) is 6.58. The first kappa shape index (κ1) is 15.8. The van der Waals surface area contributed by atoms with Crippen molar-refractivity contribution in [3.63, 3.8) is 0 Å². The Morgan fingerprint density at radius 1 is 1.08 bits per heavy atom. The van der Waals surface area contributed by atoms with E-state index in [0.29, 0.717) is 40.4 Å². The van der Waals surface area contributed by atoms with Crippen LogP contribution in [0.5, 0.6) is 5.75 Å². The van der Waals surface area contributed by atoms with Crippen LogP contribution in [0, 0.1) is 5.82 Å².